The molecule has 1 unspecified atom stereocenters. The van der Waals surface area contributed by atoms with Gasteiger partial charge in [0, 0.05) is 10.5 Å². The Morgan fingerprint density at radius 2 is 2.06 bits per heavy atom. The number of carbonyl (C=O) groups excluding carboxylic acids is 2. The van der Waals surface area contributed by atoms with Crippen LogP contribution in [-0.2, 0) is 14.3 Å². The number of carboxylic acids is 1. The van der Waals surface area contributed by atoms with Crippen LogP contribution in [0.5, 0.6) is 0 Å². The van der Waals surface area contributed by atoms with Crippen molar-refractivity contribution in [1.82, 2.24) is 5.48 Å². The van der Waals surface area contributed by atoms with E-state index in [4.69, 9.17) is 15.1 Å². The topological polar surface area (TPSA) is 116 Å². The first-order chi connectivity index (χ1) is 15.8. The van der Waals surface area contributed by atoms with E-state index in [1.165, 1.54) is 39.8 Å². The lowest BCUT2D eigenvalue weighted by Crippen LogP contribution is -2.46. The smallest absolute Gasteiger partial charge is 0.335 e. The van der Waals surface area contributed by atoms with Gasteiger partial charge in [0.15, 0.2) is 0 Å². The number of rotatable bonds is 7. The molecule has 0 aromatic heterocycles. The van der Waals surface area contributed by atoms with Gasteiger partial charge in [-0.15, -0.1) is 11.8 Å². The molecule has 2 amide bonds. The Morgan fingerprint density at radius 1 is 1.30 bits per heavy atom. The number of aromatic carboxylic acids is 1. The van der Waals surface area contributed by atoms with Gasteiger partial charge in [0.1, 0.15) is 12.3 Å². The van der Waals surface area contributed by atoms with Crippen LogP contribution in [0.3, 0.4) is 0 Å². The van der Waals surface area contributed by atoms with E-state index in [9.17, 15) is 14.4 Å². The van der Waals surface area contributed by atoms with Crippen molar-refractivity contribution in [2.75, 3.05) is 18.6 Å². The zero-order chi connectivity index (χ0) is 24.4. The third kappa shape index (κ3) is 7.14. The summed E-state index contributed by atoms with van der Waals surface area (Å²) < 4.78 is 5.08. The summed E-state index contributed by atoms with van der Waals surface area (Å²) in [6.07, 6.45) is 7.20. The van der Waals surface area contributed by atoms with Gasteiger partial charge in [0.25, 0.3) is 5.91 Å². The molecule has 0 saturated heterocycles. The molecule has 0 fully saturated rings. The fourth-order valence-electron chi connectivity index (χ4n) is 3.13. The minimum absolute atomic E-state index is 0.0375. The Kier molecular flexibility index (Phi) is 10.0. The molecule has 1 atom stereocenters. The minimum atomic E-state index is -1.11. The van der Waals surface area contributed by atoms with E-state index in [1.807, 2.05) is 19.1 Å². The first-order valence-electron chi connectivity index (χ1n) is 10.5. The summed E-state index contributed by atoms with van der Waals surface area (Å²) in [6, 6.07) is 4.48. The van der Waals surface area contributed by atoms with Crippen LogP contribution in [0.2, 0.25) is 0 Å². The molecule has 1 aromatic rings. The molecule has 1 aliphatic carbocycles. The van der Waals surface area contributed by atoms with Gasteiger partial charge in [-0.3, -0.25) is 14.8 Å². The zero-order valence-corrected chi connectivity index (χ0v) is 19.7. The Bertz CT molecular complexity index is 1020. The third-order valence-corrected chi connectivity index (χ3v) is 6.23. The Balaban J connectivity index is 0.000000294. The SMILES string of the molecule is CCC1=CC=C(OC)CC#C1.CCCC1Sc2ccc(C(=O)O)cc2N(CC(=O)NO)C1=O. The van der Waals surface area contributed by atoms with Gasteiger partial charge in [-0.1, -0.05) is 32.1 Å². The number of carboxylic acid groups (broad SMARTS) is 1. The first-order valence-corrected chi connectivity index (χ1v) is 11.4. The van der Waals surface area contributed by atoms with Gasteiger partial charge in [-0.05, 0) is 43.2 Å². The van der Waals surface area contributed by atoms with Crippen molar-refractivity contribution >= 4 is 35.2 Å². The molecule has 0 bridgehead atoms. The molecule has 2 aliphatic rings. The minimum Gasteiger partial charge on any atom is -0.500 e. The van der Waals surface area contributed by atoms with Crippen molar-refractivity contribution in [2.45, 2.75) is 49.7 Å². The molecule has 9 heteroatoms. The number of amides is 2. The number of fused-ring (bicyclic) bond motifs is 1. The average molecular weight is 473 g/mol. The molecule has 1 heterocycles. The lowest BCUT2D eigenvalue weighted by atomic mass is 10.1. The van der Waals surface area contributed by atoms with Crippen molar-refractivity contribution in [3.8, 4) is 11.8 Å². The van der Waals surface area contributed by atoms with Crippen LogP contribution in [0.15, 0.2) is 46.6 Å². The van der Waals surface area contributed by atoms with Crippen LogP contribution in [0.1, 0.15) is 49.9 Å². The van der Waals surface area contributed by atoms with Crippen molar-refractivity contribution in [2.24, 2.45) is 0 Å². The molecular formula is C24H28N2O6S. The van der Waals surface area contributed by atoms with E-state index in [2.05, 4.69) is 18.8 Å². The maximum absolute atomic E-state index is 12.5. The van der Waals surface area contributed by atoms with Crippen molar-refractivity contribution in [3.63, 3.8) is 0 Å². The number of anilines is 1. The van der Waals surface area contributed by atoms with E-state index < -0.39 is 11.9 Å². The van der Waals surface area contributed by atoms with Crippen LogP contribution < -0.4 is 10.4 Å². The number of carbonyl (C=O) groups is 3. The lowest BCUT2D eigenvalue weighted by Gasteiger charge is -2.33. The molecule has 3 rings (SSSR count). The van der Waals surface area contributed by atoms with Crippen LogP contribution in [0.4, 0.5) is 5.69 Å². The number of hydrogen-bond acceptors (Lipinski definition) is 6. The number of hydroxylamine groups is 1. The van der Waals surface area contributed by atoms with E-state index >= 15 is 0 Å². The second-order valence-corrected chi connectivity index (χ2v) is 8.45. The van der Waals surface area contributed by atoms with Crippen molar-refractivity contribution in [3.05, 3.63) is 47.2 Å². The standard InChI is InChI=1S/C14H16N2O5S.C10H12O/c1-2-3-11-13(18)16(7-12(17)15-21)9-6-8(14(19)20)4-5-10(9)22-11;1-3-9-5-4-6-10(11-2)8-7-9/h4-6,11,21H,2-3,7H2,1H3,(H,15,17)(H,19,20);7-8H,3,6H2,1-2H3. The van der Waals surface area contributed by atoms with Gasteiger partial charge in [0.05, 0.1) is 30.0 Å². The quantitative estimate of drug-likeness (QED) is 0.314. The number of hydrogen-bond donors (Lipinski definition) is 3. The van der Waals surface area contributed by atoms with Gasteiger partial charge in [0.2, 0.25) is 5.91 Å². The van der Waals surface area contributed by atoms with E-state index in [-0.39, 0.29) is 23.3 Å². The summed E-state index contributed by atoms with van der Waals surface area (Å²) >= 11 is 1.37. The van der Waals surface area contributed by atoms with Gasteiger partial charge < -0.3 is 14.7 Å². The largest absolute Gasteiger partial charge is 0.500 e. The summed E-state index contributed by atoms with van der Waals surface area (Å²) in [5.41, 5.74) is 3.09. The molecule has 33 heavy (non-hydrogen) atoms. The van der Waals surface area contributed by atoms with E-state index in [0.717, 1.165) is 29.9 Å². The highest BCUT2D eigenvalue weighted by Crippen LogP contribution is 2.41. The van der Waals surface area contributed by atoms with E-state index in [0.29, 0.717) is 12.1 Å². The van der Waals surface area contributed by atoms with Crippen molar-refractivity contribution in [1.29, 1.82) is 0 Å². The van der Waals surface area contributed by atoms with E-state index in [1.54, 1.807) is 13.2 Å². The summed E-state index contributed by atoms with van der Waals surface area (Å²) in [4.78, 5) is 37.0. The number of allylic oxidation sites excluding steroid dienone is 4. The Morgan fingerprint density at radius 3 is 2.67 bits per heavy atom. The number of benzene rings is 1. The molecular weight excluding hydrogens is 444 g/mol. The van der Waals surface area contributed by atoms with Gasteiger partial charge >= 0.3 is 5.97 Å². The molecule has 1 aromatic carbocycles. The lowest BCUT2D eigenvalue weighted by molar-refractivity contribution is -0.129. The summed E-state index contributed by atoms with van der Waals surface area (Å²) in [7, 11) is 1.68. The molecule has 0 spiro atoms. The molecule has 1 aliphatic heterocycles. The molecule has 8 nitrogen and oxygen atoms in total. The second kappa shape index (κ2) is 12.7. The first kappa shape index (κ1) is 26.0. The third-order valence-electron chi connectivity index (χ3n) is 4.91. The fourth-order valence-corrected chi connectivity index (χ4v) is 4.45. The number of thioether (sulfide) groups is 1. The average Bonchev–Trinajstić information content (AvgIpc) is 3.07. The Labute approximate surface area is 197 Å². The van der Waals surface area contributed by atoms with Gasteiger partial charge in [-0.25, -0.2) is 10.3 Å². The normalized spacial score (nSPS) is 16.5. The number of nitrogens with zero attached hydrogens (tertiary/aromatic N) is 1. The second-order valence-electron chi connectivity index (χ2n) is 7.20. The number of methoxy groups -OCH3 is 1. The van der Waals surface area contributed by atoms with Crippen LogP contribution in [0, 0.1) is 11.8 Å². The van der Waals surface area contributed by atoms with Crippen LogP contribution in [0.25, 0.3) is 0 Å². The van der Waals surface area contributed by atoms with Gasteiger partial charge in [-0.2, -0.15) is 0 Å². The zero-order valence-electron chi connectivity index (χ0n) is 18.9. The summed E-state index contributed by atoms with van der Waals surface area (Å²) in [5, 5.41) is 17.4. The highest BCUT2D eigenvalue weighted by atomic mass is 32.2. The highest BCUT2D eigenvalue weighted by Gasteiger charge is 2.34. The van der Waals surface area contributed by atoms with Crippen LogP contribution >= 0.6 is 11.8 Å². The summed E-state index contributed by atoms with van der Waals surface area (Å²) in [6.45, 7) is 3.71. The highest BCUT2D eigenvalue weighted by molar-refractivity contribution is 8.01. The Hall–Kier alpha value is -3.22. The molecule has 3 N–H and O–H groups in total. The maximum atomic E-state index is 12.5. The fraction of sp³-hybridized carbons (Fsp3) is 0.375. The molecule has 0 saturated carbocycles. The number of nitrogens with one attached hydrogen (secondary N) is 1. The molecule has 176 valence electrons. The van der Waals surface area contributed by atoms with Crippen molar-refractivity contribution < 1.29 is 29.4 Å². The summed E-state index contributed by atoms with van der Waals surface area (Å²) in [5.74, 6) is 4.96. The predicted molar refractivity (Wildman–Crippen MR) is 126 cm³/mol. The predicted octanol–water partition coefficient (Wildman–Crippen LogP) is 3.76. The maximum Gasteiger partial charge on any atom is 0.335 e. The van der Waals surface area contributed by atoms with Crippen LogP contribution in [-0.4, -0.2) is 47.0 Å². The number of ether oxygens (including phenoxy) is 1. The monoisotopic (exact) mass is 472 g/mol. The molecule has 0 radical (unpaired) electrons.